The van der Waals surface area contributed by atoms with Crippen molar-refractivity contribution in [3.05, 3.63) is 84.4 Å². The van der Waals surface area contributed by atoms with Gasteiger partial charge in [-0.15, -0.1) is 13.2 Å². The fourth-order valence-corrected chi connectivity index (χ4v) is 4.27. The third-order valence-electron chi connectivity index (χ3n) is 4.43. The molecule has 0 bridgehead atoms. The number of pyridine rings is 1. The lowest BCUT2D eigenvalue weighted by atomic mass is 10.2. The number of imidazole rings is 1. The van der Waals surface area contributed by atoms with E-state index in [1.54, 1.807) is 12.1 Å². The summed E-state index contributed by atoms with van der Waals surface area (Å²) >= 11 is 0.430. The molecule has 2 aromatic heterocycles. The summed E-state index contributed by atoms with van der Waals surface area (Å²) in [6.07, 6.45) is -7.59. The van der Waals surface area contributed by atoms with Crippen LogP contribution in [-0.4, -0.2) is 21.3 Å². The number of halogens is 6. The number of aromatic nitrogens is 3. The average Bonchev–Trinajstić information content (AvgIpc) is 3.20. The number of rotatable bonds is 6. The lowest BCUT2D eigenvalue weighted by Gasteiger charge is -2.35. The van der Waals surface area contributed by atoms with Crippen LogP contribution in [-0.2, 0) is 16.0 Å². The first-order chi connectivity index (χ1) is 15.5. The number of hydrogen-bond donors (Lipinski definition) is 2. The van der Waals surface area contributed by atoms with Crippen LogP contribution in [0.25, 0.3) is 11.0 Å². The Morgan fingerprint density at radius 1 is 0.879 bits per heavy atom. The number of aromatic amines is 1. The molecule has 4 rings (SSSR count). The molecule has 0 fully saturated rings. The quantitative estimate of drug-likeness (QED) is 0.185. The number of alkyl halides is 6. The predicted molar refractivity (Wildman–Crippen MR) is 110 cm³/mol. The zero-order valence-electron chi connectivity index (χ0n) is 16.4. The van der Waals surface area contributed by atoms with Gasteiger partial charge in [-0.1, -0.05) is 42.1 Å². The molecule has 4 aromatic rings. The molecule has 0 spiro atoms. The van der Waals surface area contributed by atoms with Gasteiger partial charge in [-0.3, -0.25) is 9.72 Å². The summed E-state index contributed by atoms with van der Waals surface area (Å²) in [6.45, 7) is 0. The highest BCUT2D eigenvalue weighted by atomic mass is 32.2. The molecule has 172 valence electrons. The van der Waals surface area contributed by atoms with Crippen molar-refractivity contribution in [1.29, 1.82) is 0 Å². The first kappa shape index (κ1) is 22.9. The van der Waals surface area contributed by atoms with Gasteiger partial charge in [0.05, 0.1) is 17.4 Å². The Labute approximate surface area is 187 Å². The molecule has 0 aliphatic rings. The Balaban J connectivity index is 1.83. The van der Waals surface area contributed by atoms with Crippen molar-refractivity contribution in [2.45, 2.75) is 22.5 Å². The van der Waals surface area contributed by atoms with E-state index in [1.807, 2.05) is 0 Å². The molecule has 12 heteroatoms. The molecule has 0 saturated heterocycles. The predicted octanol–water partition coefficient (Wildman–Crippen LogP) is 6.53. The van der Waals surface area contributed by atoms with E-state index in [0.717, 1.165) is 6.20 Å². The van der Waals surface area contributed by atoms with Gasteiger partial charge in [0.15, 0.2) is 0 Å². The van der Waals surface area contributed by atoms with Crippen molar-refractivity contribution in [3.8, 4) is 0 Å². The highest BCUT2D eigenvalue weighted by Crippen LogP contribution is 2.47. The second-order valence-corrected chi connectivity index (χ2v) is 8.02. The van der Waals surface area contributed by atoms with Crippen LogP contribution < -0.4 is 5.32 Å². The number of ether oxygens (including phenoxy) is 1. The van der Waals surface area contributed by atoms with Crippen molar-refractivity contribution >= 4 is 28.5 Å². The van der Waals surface area contributed by atoms with Crippen molar-refractivity contribution < 1.29 is 31.1 Å². The number of thioether (sulfide) groups is 1. The highest BCUT2D eigenvalue weighted by molar-refractivity contribution is 8.00. The van der Waals surface area contributed by atoms with Gasteiger partial charge in [0.1, 0.15) is 5.69 Å². The lowest BCUT2D eigenvalue weighted by molar-refractivity contribution is -0.348. The summed E-state index contributed by atoms with van der Waals surface area (Å²) in [5.74, 6) is 0. The molecular formula is C21H14F6N4OS. The Morgan fingerprint density at radius 2 is 1.64 bits per heavy atom. The molecule has 0 amide bonds. The zero-order valence-corrected chi connectivity index (χ0v) is 17.2. The molecular weight excluding hydrogens is 470 g/mol. The van der Waals surface area contributed by atoms with Crippen LogP contribution >= 0.6 is 11.8 Å². The maximum Gasteiger partial charge on any atom is 0.525 e. The maximum absolute atomic E-state index is 13.6. The molecule has 1 unspecified atom stereocenters. The van der Waals surface area contributed by atoms with E-state index in [0.29, 0.717) is 28.9 Å². The Kier molecular flexibility index (Phi) is 5.97. The summed E-state index contributed by atoms with van der Waals surface area (Å²) < 4.78 is 84.9. The zero-order chi connectivity index (χ0) is 23.7. The molecule has 33 heavy (non-hydrogen) atoms. The molecule has 0 saturated carbocycles. The van der Waals surface area contributed by atoms with Gasteiger partial charge in [0.25, 0.3) is 0 Å². The average molecular weight is 484 g/mol. The Morgan fingerprint density at radius 3 is 2.33 bits per heavy atom. The number of benzene rings is 2. The van der Waals surface area contributed by atoms with Crippen LogP contribution in [0.15, 0.2) is 78.1 Å². The summed E-state index contributed by atoms with van der Waals surface area (Å²) in [5, 5.41) is 0.362. The van der Waals surface area contributed by atoms with Crippen LogP contribution in [0.3, 0.4) is 0 Å². The van der Waals surface area contributed by atoms with Crippen molar-refractivity contribution in [3.63, 3.8) is 0 Å². The third-order valence-corrected chi connectivity index (χ3v) is 5.62. The minimum atomic E-state index is -5.13. The molecule has 5 nitrogen and oxygen atoms in total. The van der Waals surface area contributed by atoms with Gasteiger partial charge in [-0.25, -0.2) is 4.98 Å². The van der Waals surface area contributed by atoms with Crippen LogP contribution in [0.5, 0.6) is 0 Å². The largest absolute Gasteiger partial charge is 0.525 e. The smallest absolute Gasteiger partial charge is 0.345 e. The Hall–Kier alpha value is -3.25. The standard InChI is InChI=1S/C21H14F6N4OS/c22-19(23,24)18-11-15(8-9-28-18)33-20(32-21(25,26)27,13-4-2-1-3-5-13)31-14-6-7-16-17(10-14)30-12-29-16/h1-12,31H,(H,29,30). The molecule has 2 aromatic carbocycles. The number of H-pyrrole nitrogens is 1. The van der Waals surface area contributed by atoms with Gasteiger partial charge in [0.2, 0.25) is 5.06 Å². The number of nitrogens with one attached hydrogen (secondary N) is 2. The first-order valence-corrected chi connectivity index (χ1v) is 10.1. The van der Waals surface area contributed by atoms with Gasteiger partial charge in [0, 0.05) is 22.3 Å². The number of hydrogen-bond acceptors (Lipinski definition) is 5. The van der Waals surface area contributed by atoms with Crippen molar-refractivity contribution in [1.82, 2.24) is 15.0 Å². The lowest BCUT2D eigenvalue weighted by Crippen LogP contribution is -2.40. The monoisotopic (exact) mass is 484 g/mol. The van der Waals surface area contributed by atoms with Gasteiger partial charge >= 0.3 is 12.5 Å². The van der Waals surface area contributed by atoms with Gasteiger partial charge < -0.3 is 10.3 Å². The van der Waals surface area contributed by atoms with E-state index in [1.165, 1.54) is 48.8 Å². The molecule has 0 radical (unpaired) electrons. The summed E-state index contributed by atoms with van der Waals surface area (Å²) in [7, 11) is 0. The summed E-state index contributed by atoms with van der Waals surface area (Å²) in [6, 6.07) is 13.8. The van der Waals surface area contributed by atoms with Crippen LogP contribution in [0.2, 0.25) is 0 Å². The van der Waals surface area contributed by atoms with E-state index in [2.05, 4.69) is 25.0 Å². The maximum atomic E-state index is 13.6. The second kappa shape index (κ2) is 8.60. The molecule has 2 heterocycles. The highest BCUT2D eigenvalue weighted by Gasteiger charge is 2.46. The van der Waals surface area contributed by atoms with Crippen molar-refractivity contribution in [2.75, 3.05) is 5.32 Å². The normalized spacial score (nSPS) is 14.2. The van der Waals surface area contributed by atoms with E-state index in [9.17, 15) is 26.3 Å². The molecule has 0 aliphatic carbocycles. The van der Waals surface area contributed by atoms with E-state index in [-0.39, 0.29) is 16.1 Å². The van der Waals surface area contributed by atoms with Gasteiger partial charge in [-0.2, -0.15) is 13.2 Å². The van der Waals surface area contributed by atoms with Crippen LogP contribution in [0.1, 0.15) is 11.3 Å². The second-order valence-electron chi connectivity index (χ2n) is 6.77. The summed E-state index contributed by atoms with van der Waals surface area (Å²) in [4.78, 5) is 10.0. The number of fused-ring (bicyclic) bond motifs is 1. The summed E-state index contributed by atoms with van der Waals surface area (Å²) in [5.41, 5.74) is 0.140. The molecule has 1 atom stereocenters. The molecule has 0 aliphatic heterocycles. The fraction of sp³-hybridized carbons (Fsp3) is 0.143. The van der Waals surface area contributed by atoms with E-state index >= 15 is 0 Å². The number of anilines is 1. The van der Waals surface area contributed by atoms with E-state index in [4.69, 9.17) is 0 Å². The SMILES string of the molecule is FC(F)(F)OC(Nc1ccc2nc[nH]c2c1)(Sc1ccnc(C(F)(F)F)c1)c1ccccc1. The first-order valence-electron chi connectivity index (χ1n) is 9.30. The number of nitrogens with zero attached hydrogens (tertiary/aromatic N) is 2. The van der Waals surface area contributed by atoms with Crippen LogP contribution in [0.4, 0.5) is 32.0 Å². The van der Waals surface area contributed by atoms with Gasteiger partial charge in [-0.05, 0) is 30.3 Å². The fourth-order valence-electron chi connectivity index (χ4n) is 3.08. The van der Waals surface area contributed by atoms with E-state index < -0.39 is 23.3 Å². The minimum Gasteiger partial charge on any atom is -0.345 e. The van der Waals surface area contributed by atoms with Crippen molar-refractivity contribution in [2.24, 2.45) is 0 Å². The van der Waals surface area contributed by atoms with Crippen LogP contribution in [0, 0.1) is 0 Å². The Bertz CT molecular complexity index is 1240. The third kappa shape index (κ3) is 5.40. The molecule has 2 N–H and O–H groups in total. The topological polar surface area (TPSA) is 62.8 Å². The minimum absolute atomic E-state index is 0.0300.